The van der Waals surface area contributed by atoms with Crippen molar-refractivity contribution >= 4 is 11.4 Å². The van der Waals surface area contributed by atoms with Crippen LogP contribution in [0.25, 0.3) is 5.52 Å². The maximum absolute atomic E-state index is 13.0. The van der Waals surface area contributed by atoms with Crippen molar-refractivity contribution < 1.29 is 9.90 Å². The molecule has 0 aliphatic carbocycles. The largest absolute Gasteiger partial charge is 0.396 e. The number of aliphatic hydroxyl groups excluding tert-OH is 1. The summed E-state index contributed by atoms with van der Waals surface area (Å²) in [6.07, 6.45) is 1.65. The monoisotopic (exact) mass is 301 g/mol. The van der Waals surface area contributed by atoms with Crippen LogP contribution in [0.4, 0.5) is 0 Å². The van der Waals surface area contributed by atoms with Gasteiger partial charge >= 0.3 is 0 Å². The van der Waals surface area contributed by atoms with Crippen LogP contribution in [0, 0.1) is 18.3 Å². The number of rotatable bonds is 2. The van der Waals surface area contributed by atoms with Crippen molar-refractivity contribution in [1.29, 1.82) is 0 Å². The molecule has 2 atom stereocenters. The third kappa shape index (κ3) is 1.79. The van der Waals surface area contributed by atoms with E-state index in [9.17, 15) is 9.90 Å². The Morgan fingerprint density at radius 3 is 3.23 bits per heavy atom. The zero-order chi connectivity index (χ0) is 15.3. The minimum absolute atomic E-state index is 0.0114. The van der Waals surface area contributed by atoms with Crippen LogP contribution in [0.5, 0.6) is 0 Å². The fraction of sp³-hybridized carbons (Fsp3) is 0.533. The minimum Gasteiger partial charge on any atom is -0.396 e. The summed E-state index contributed by atoms with van der Waals surface area (Å²) in [7, 11) is 0. The second-order valence-corrected chi connectivity index (χ2v) is 6.39. The van der Waals surface area contributed by atoms with Gasteiger partial charge in [-0.25, -0.2) is 0 Å². The zero-order valence-corrected chi connectivity index (χ0v) is 12.5. The van der Waals surface area contributed by atoms with Gasteiger partial charge in [-0.15, -0.1) is 0 Å². The van der Waals surface area contributed by atoms with E-state index < -0.39 is 0 Å². The van der Waals surface area contributed by atoms with Gasteiger partial charge in [-0.2, -0.15) is 14.8 Å². The van der Waals surface area contributed by atoms with E-state index in [2.05, 4.69) is 15.5 Å². The van der Waals surface area contributed by atoms with Gasteiger partial charge < -0.3 is 15.3 Å². The van der Waals surface area contributed by atoms with Crippen molar-refractivity contribution in [3.63, 3.8) is 0 Å². The van der Waals surface area contributed by atoms with Crippen LogP contribution in [0.2, 0.25) is 0 Å². The lowest BCUT2D eigenvalue weighted by atomic mass is 9.82. The second kappa shape index (κ2) is 4.76. The standard InChI is InChI=1S/C15H19N5O2/c1-10-13(12-3-2-4-17-20(12)18-10)14(22)19-6-11-5-16-7-15(11,8-19)9-21/h2-4,11,16,21H,5-9H2,1H3. The van der Waals surface area contributed by atoms with E-state index in [1.54, 1.807) is 6.20 Å². The third-order valence-corrected chi connectivity index (χ3v) is 5.09. The Hall–Kier alpha value is -1.99. The minimum atomic E-state index is -0.190. The van der Waals surface area contributed by atoms with Gasteiger partial charge in [0.15, 0.2) is 0 Å². The third-order valence-electron chi connectivity index (χ3n) is 5.09. The Morgan fingerprint density at radius 2 is 2.45 bits per heavy atom. The molecule has 2 aliphatic heterocycles. The van der Waals surface area contributed by atoms with E-state index in [-0.39, 0.29) is 17.9 Å². The van der Waals surface area contributed by atoms with Crippen LogP contribution >= 0.6 is 0 Å². The highest BCUT2D eigenvalue weighted by Crippen LogP contribution is 2.39. The van der Waals surface area contributed by atoms with E-state index in [0.717, 1.165) is 18.6 Å². The van der Waals surface area contributed by atoms with Gasteiger partial charge in [0.1, 0.15) is 5.52 Å². The summed E-state index contributed by atoms with van der Waals surface area (Å²) in [6.45, 7) is 4.86. The maximum Gasteiger partial charge on any atom is 0.258 e. The molecule has 2 fully saturated rings. The lowest BCUT2D eigenvalue weighted by Crippen LogP contribution is -2.38. The van der Waals surface area contributed by atoms with Gasteiger partial charge in [0.2, 0.25) is 0 Å². The highest BCUT2D eigenvalue weighted by molar-refractivity contribution is 6.02. The number of amides is 1. The van der Waals surface area contributed by atoms with Gasteiger partial charge in [0.25, 0.3) is 5.91 Å². The van der Waals surface area contributed by atoms with Gasteiger partial charge in [-0.05, 0) is 25.0 Å². The number of aliphatic hydroxyl groups is 1. The number of fused-ring (bicyclic) bond motifs is 2. The lowest BCUT2D eigenvalue weighted by molar-refractivity contribution is 0.0746. The topological polar surface area (TPSA) is 82.8 Å². The summed E-state index contributed by atoms with van der Waals surface area (Å²) in [5, 5.41) is 21.6. The molecule has 2 N–H and O–H groups in total. The molecule has 0 spiro atoms. The molecule has 2 aromatic rings. The first kappa shape index (κ1) is 13.7. The Labute approximate surface area is 127 Å². The number of hydrogen-bond donors (Lipinski definition) is 2. The van der Waals surface area contributed by atoms with Crippen LogP contribution in [0.1, 0.15) is 16.1 Å². The number of nitrogens with one attached hydrogen (secondary N) is 1. The SMILES string of the molecule is Cc1nn2ncccc2c1C(=O)N1CC2CNCC2(CO)C1. The molecule has 0 aromatic carbocycles. The first-order chi connectivity index (χ1) is 10.6. The average Bonchev–Trinajstić information content (AvgIpc) is 3.15. The van der Waals surface area contributed by atoms with E-state index in [4.69, 9.17) is 0 Å². The normalized spacial score (nSPS) is 27.5. The Kier molecular flexibility index (Phi) is 2.95. The smallest absolute Gasteiger partial charge is 0.258 e. The van der Waals surface area contributed by atoms with E-state index >= 15 is 0 Å². The molecule has 0 radical (unpaired) electrons. The lowest BCUT2D eigenvalue weighted by Gasteiger charge is -2.25. The molecule has 7 nitrogen and oxygen atoms in total. The molecule has 0 bridgehead atoms. The molecule has 22 heavy (non-hydrogen) atoms. The summed E-state index contributed by atoms with van der Waals surface area (Å²) < 4.78 is 1.50. The molecule has 2 aromatic heterocycles. The average molecular weight is 301 g/mol. The molecule has 4 heterocycles. The molecule has 0 saturated carbocycles. The first-order valence-electron chi connectivity index (χ1n) is 7.56. The maximum atomic E-state index is 13.0. The number of carbonyl (C=O) groups excluding carboxylic acids is 1. The van der Waals surface area contributed by atoms with Crippen LogP contribution in [0.3, 0.4) is 0 Å². The summed E-state index contributed by atoms with van der Waals surface area (Å²) in [5.74, 6) is 0.310. The van der Waals surface area contributed by atoms with Crippen molar-refractivity contribution in [1.82, 2.24) is 25.0 Å². The predicted molar refractivity (Wildman–Crippen MR) is 79.5 cm³/mol. The van der Waals surface area contributed by atoms with Crippen LogP contribution in [-0.4, -0.2) is 63.5 Å². The quantitative estimate of drug-likeness (QED) is 0.795. The number of likely N-dealkylation sites (tertiary alicyclic amines) is 1. The molecular weight excluding hydrogens is 282 g/mol. The molecule has 2 unspecified atom stereocenters. The van der Waals surface area contributed by atoms with E-state index in [0.29, 0.717) is 30.3 Å². The molecule has 116 valence electrons. The molecule has 2 aliphatic rings. The fourth-order valence-corrected chi connectivity index (χ4v) is 3.83. The zero-order valence-electron chi connectivity index (χ0n) is 12.5. The highest BCUT2D eigenvalue weighted by atomic mass is 16.3. The number of hydrogen-bond acceptors (Lipinski definition) is 5. The molecular formula is C15H19N5O2. The van der Waals surface area contributed by atoms with Crippen molar-refractivity contribution in [3.05, 3.63) is 29.6 Å². The van der Waals surface area contributed by atoms with Crippen molar-refractivity contribution in [2.24, 2.45) is 11.3 Å². The Bertz CT molecular complexity index is 743. The van der Waals surface area contributed by atoms with Crippen LogP contribution in [0.15, 0.2) is 18.3 Å². The molecule has 1 amide bonds. The molecule has 7 heteroatoms. The van der Waals surface area contributed by atoms with Crippen molar-refractivity contribution in [2.45, 2.75) is 6.92 Å². The number of nitrogens with zero attached hydrogens (tertiary/aromatic N) is 4. The summed E-state index contributed by atoms with van der Waals surface area (Å²) in [4.78, 5) is 14.8. The molecule has 4 rings (SSSR count). The Balaban J connectivity index is 1.69. The first-order valence-corrected chi connectivity index (χ1v) is 7.56. The fourth-order valence-electron chi connectivity index (χ4n) is 3.83. The van der Waals surface area contributed by atoms with Gasteiger partial charge in [0, 0.05) is 37.8 Å². The second-order valence-electron chi connectivity index (χ2n) is 6.39. The van der Waals surface area contributed by atoms with Crippen LogP contribution < -0.4 is 5.32 Å². The number of aryl methyl sites for hydroxylation is 1. The van der Waals surface area contributed by atoms with Crippen molar-refractivity contribution in [2.75, 3.05) is 32.8 Å². The predicted octanol–water partition coefficient (Wildman–Crippen LogP) is -0.308. The summed E-state index contributed by atoms with van der Waals surface area (Å²) in [5.41, 5.74) is 1.86. The Morgan fingerprint density at radius 1 is 1.59 bits per heavy atom. The van der Waals surface area contributed by atoms with Gasteiger partial charge in [-0.3, -0.25) is 4.79 Å². The number of carbonyl (C=O) groups is 1. The molecule has 2 saturated heterocycles. The summed E-state index contributed by atoms with van der Waals surface area (Å²) >= 11 is 0. The van der Waals surface area contributed by atoms with Crippen molar-refractivity contribution in [3.8, 4) is 0 Å². The summed E-state index contributed by atoms with van der Waals surface area (Å²) in [6, 6.07) is 3.67. The van der Waals surface area contributed by atoms with E-state index in [1.807, 2.05) is 24.0 Å². The number of aromatic nitrogens is 3. The highest BCUT2D eigenvalue weighted by Gasteiger charge is 2.50. The van der Waals surface area contributed by atoms with Crippen LogP contribution in [-0.2, 0) is 0 Å². The van der Waals surface area contributed by atoms with E-state index in [1.165, 1.54) is 4.63 Å². The van der Waals surface area contributed by atoms with Gasteiger partial charge in [-0.1, -0.05) is 0 Å². The van der Waals surface area contributed by atoms with Gasteiger partial charge in [0.05, 0.1) is 17.9 Å².